The van der Waals surface area contributed by atoms with Gasteiger partial charge >= 0.3 is 6.36 Å². The Morgan fingerprint density at radius 1 is 1.17 bits per heavy atom. The van der Waals surface area contributed by atoms with E-state index in [9.17, 15) is 18.3 Å². The summed E-state index contributed by atoms with van der Waals surface area (Å²) < 4.78 is 42.2. The van der Waals surface area contributed by atoms with E-state index in [4.69, 9.17) is 0 Å². The molecule has 0 spiro atoms. The first-order valence-electron chi connectivity index (χ1n) is 10.6. The largest absolute Gasteiger partial charge is 0.573 e. The van der Waals surface area contributed by atoms with E-state index in [-0.39, 0.29) is 11.7 Å². The molecular weight excluding hydrogens is 381 g/mol. The first-order valence-corrected chi connectivity index (χ1v) is 10.6. The van der Waals surface area contributed by atoms with Crippen LogP contribution in [0.1, 0.15) is 56.4 Å². The van der Waals surface area contributed by atoms with E-state index >= 15 is 0 Å². The fraction of sp³-hybridized carbons (Fsp3) is 0.727. The first-order chi connectivity index (χ1) is 13.7. The maximum Gasteiger partial charge on any atom is 0.573 e. The lowest BCUT2D eigenvalue weighted by Gasteiger charge is -2.43. The van der Waals surface area contributed by atoms with Gasteiger partial charge in [0.25, 0.3) is 0 Å². The van der Waals surface area contributed by atoms with E-state index in [0.717, 1.165) is 50.8 Å². The van der Waals surface area contributed by atoms with E-state index < -0.39 is 12.0 Å². The first kappa shape index (κ1) is 22.4. The van der Waals surface area contributed by atoms with Gasteiger partial charge < -0.3 is 19.6 Å². The summed E-state index contributed by atoms with van der Waals surface area (Å²) in [7, 11) is 4.19. The molecule has 0 amide bonds. The Labute approximate surface area is 171 Å². The zero-order chi connectivity index (χ0) is 21.1. The molecular formula is C22H33F3N2O2. The predicted molar refractivity (Wildman–Crippen MR) is 107 cm³/mol. The van der Waals surface area contributed by atoms with Crippen LogP contribution in [0.5, 0.6) is 5.75 Å². The summed E-state index contributed by atoms with van der Waals surface area (Å²) >= 11 is 0. The van der Waals surface area contributed by atoms with Crippen molar-refractivity contribution in [1.29, 1.82) is 0 Å². The predicted octanol–water partition coefficient (Wildman–Crippen LogP) is 4.39. The quantitative estimate of drug-likeness (QED) is 0.749. The van der Waals surface area contributed by atoms with Crippen molar-refractivity contribution in [2.45, 2.75) is 68.9 Å². The van der Waals surface area contributed by atoms with Gasteiger partial charge in [-0.3, -0.25) is 0 Å². The number of hydrogen-bond donors (Lipinski definition) is 1. The Hall–Kier alpha value is -1.31. The molecule has 1 heterocycles. The lowest BCUT2D eigenvalue weighted by atomic mass is 9.72. The third-order valence-corrected chi connectivity index (χ3v) is 6.59. The Balaban J connectivity index is 1.80. The van der Waals surface area contributed by atoms with Gasteiger partial charge in [-0.1, -0.05) is 31.4 Å². The molecule has 7 heteroatoms. The second-order valence-electron chi connectivity index (χ2n) is 8.83. The number of likely N-dealkylation sites (tertiary alicyclic amines) is 1. The summed E-state index contributed by atoms with van der Waals surface area (Å²) in [6, 6.07) is 6.76. The van der Waals surface area contributed by atoms with Crippen molar-refractivity contribution >= 4 is 0 Å². The van der Waals surface area contributed by atoms with Crippen LogP contribution in [-0.4, -0.2) is 66.6 Å². The highest BCUT2D eigenvalue weighted by atomic mass is 19.4. The number of aliphatic hydroxyl groups is 1. The van der Waals surface area contributed by atoms with Crippen molar-refractivity contribution in [2.75, 3.05) is 33.7 Å². The van der Waals surface area contributed by atoms with Crippen molar-refractivity contribution in [3.8, 4) is 5.75 Å². The van der Waals surface area contributed by atoms with Crippen LogP contribution in [0, 0.1) is 0 Å². The molecule has 2 aliphatic rings. The average molecular weight is 415 g/mol. The second kappa shape index (κ2) is 9.23. The van der Waals surface area contributed by atoms with E-state index in [1.165, 1.54) is 12.1 Å². The summed E-state index contributed by atoms with van der Waals surface area (Å²) in [6.07, 6.45) is 1.80. The van der Waals surface area contributed by atoms with E-state index in [0.29, 0.717) is 25.4 Å². The van der Waals surface area contributed by atoms with Crippen LogP contribution in [0.4, 0.5) is 13.2 Å². The van der Waals surface area contributed by atoms with E-state index in [2.05, 4.69) is 28.6 Å². The van der Waals surface area contributed by atoms with Crippen LogP contribution < -0.4 is 4.74 Å². The molecule has 1 saturated carbocycles. The van der Waals surface area contributed by atoms with Crippen LogP contribution in [0.15, 0.2) is 24.3 Å². The van der Waals surface area contributed by atoms with Crippen molar-refractivity contribution in [3.05, 3.63) is 29.8 Å². The lowest BCUT2D eigenvalue weighted by molar-refractivity contribution is -0.274. The molecule has 1 atom stereocenters. The van der Waals surface area contributed by atoms with Gasteiger partial charge in [-0.05, 0) is 70.6 Å². The molecule has 1 aliphatic heterocycles. The van der Waals surface area contributed by atoms with Crippen LogP contribution in [0.3, 0.4) is 0 Å². The molecule has 1 unspecified atom stereocenters. The topological polar surface area (TPSA) is 35.9 Å². The van der Waals surface area contributed by atoms with E-state index in [1.807, 2.05) is 6.07 Å². The molecule has 1 saturated heterocycles. The molecule has 1 aliphatic carbocycles. The Morgan fingerprint density at radius 2 is 1.83 bits per heavy atom. The molecule has 2 fully saturated rings. The van der Waals surface area contributed by atoms with Crippen LogP contribution in [0.2, 0.25) is 0 Å². The van der Waals surface area contributed by atoms with Gasteiger partial charge in [-0.15, -0.1) is 13.2 Å². The lowest BCUT2D eigenvalue weighted by Crippen LogP contribution is -2.48. The third kappa shape index (κ3) is 6.09. The van der Waals surface area contributed by atoms with Crippen molar-refractivity contribution < 1.29 is 23.0 Å². The number of alkyl halides is 3. The molecule has 1 aromatic rings. The zero-order valence-corrected chi connectivity index (χ0v) is 17.4. The van der Waals surface area contributed by atoms with Gasteiger partial charge in [-0.2, -0.15) is 0 Å². The molecule has 3 rings (SSSR count). The zero-order valence-electron chi connectivity index (χ0n) is 17.4. The highest BCUT2D eigenvalue weighted by Gasteiger charge is 2.40. The second-order valence-corrected chi connectivity index (χ2v) is 8.83. The minimum Gasteiger partial charge on any atom is -0.406 e. The standard InChI is InChI=1S/C22H33F3N2O2/c1-26(2)18-9-13-27(14-10-18)16-20(21(28)11-4-3-5-12-21)17-7-6-8-19(15-17)29-22(23,24)25/h6-8,15,18,20,28H,3-5,9-14,16H2,1-2H3. The Bertz CT molecular complexity index is 652. The van der Waals surface area contributed by atoms with Gasteiger partial charge in [0.1, 0.15) is 5.75 Å². The van der Waals surface area contributed by atoms with Crippen LogP contribution in [-0.2, 0) is 0 Å². The molecule has 164 valence electrons. The number of piperidine rings is 1. The SMILES string of the molecule is CN(C)C1CCN(CC(c2cccc(OC(F)(F)F)c2)C2(O)CCCCC2)CC1. The van der Waals surface area contributed by atoms with Gasteiger partial charge in [0.2, 0.25) is 0 Å². The number of halogens is 3. The van der Waals surface area contributed by atoms with E-state index in [1.54, 1.807) is 6.07 Å². The maximum atomic E-state index is 12.7. The third-order valence-electron chi connectivity index (χ3n) is 6.59. The monoisotopic (exact) mass is 414 g/mol. The summed E-state index contributed by atoms with van der Waals surface area (Å²) in [5.74, 6) is -0.443. The van der Waals surface area contributed by atoms with Crippen molar-refractivity contribution in [2.24, 2.45) is 0 Å². The molecule has 4 nitrogen and oxygen atoms in total. The van der Waals surface area contributed by atoms with Gasteiger partial charge in [-0.25, -0.2) is 0 Å². The highest BCUT2D eigenvalue weighted by Crippen LogP contribution is 2.41. The summed E-state index contributed by atoms with van der Waals surface area (Å²) in [5, 5.41) is 11.5. The fourth-order valence-corrected chi connectivity index (χ4v) is 4.90. The van der Waals surface area contributed by atoms with Crippen molar-refractivity contribution in [1.82, 2.24) is 9.80 Å². The number of rotatable bonds is 6. The van der Waals surface area contributed by atoms with Crippen LogP contribution >= 0.6 is 0 Å². The molecule has 1 N–H and O–H groups in total. The normalized spacial score (nSPS) is 22.6. The summed E-state index contributed by atoms with van der Waals surface area (Å²) in [4.78, 5) is 4.61. The Kier molecular flexibility index (Phi) is 7.12. The smallest absolute Gasteiger partial charge is 0.406 e. The molecule has 0 radical (unpaired) electrons. The number of ether oxygens (including phenoxy) is 1. The van der Waals surface area contributed by atoms with Crippen molar-refractivity contribution in [3.63, 3.8) is 0 Å². The number of hydrogen-bond acceptors (Lipinski definition) is 4. The molecule has 29 heavy (non-hydrogen) atoms. The minimum absolute atomic E-state index is 0.217. The number of nitrogens with zero attached hydrogens (tertiary/aromatic N) is 2. The summed E-state index contributed by atoms with van der Waals surface area (Å²) in [5.41, 5.74) is -0.154. The van der Waals surface area contributed by atoms with Crippen LogP contribution in [0.25, 0.3) is 0 Å². The number of benzene rings is 1. The van der Waals surface area contributed by atoms with Gasteiger partial charge in [0.05, 0.1) is 5.60 Å². The maximum absolute atomic E-state index is 12.7. The minimum atomic E-state index is -4.72. The molecule has 0 bridgehead atoms. The summed E-state index contributed by atoms with van der Waals surface area (Å²) in [6.45, 7) is 2.54. The average Bonchev–Trinajstić information content (AvgIpc) is 2.66. The molecule has 1 aromatic carbocycles. The van der Waals surface area contributed by atoms with Gasteiger partial charge in [0.15, 0.2) is 0 Å². The Morgan fingerprint density at radius 3 is 2.41 bits per heavy atom. The fourth-order valence-electron chi connectivity index (χ4n) is 4.90. The van der Waals surface area contributed by atoms with Gasteiger partial charge in [0, 0.05) is 18.5 Å². The highest BCUT2D eigenvalue weighted by molar-refractivity contribution is 5.33. The molecule has 0 aromatic heterocycles.